The number of carbonyl (C=O) groups excluding carboxylic acids is 1. The summed E-state index contributed by atoms with van der Waals surface area (Å²) in [6.45, 7) is 1.27. The van der Waals surface area contributed by atoms with Gasteiger partial charge in [0.2, 0.25) is 5.91 Å². The molecule has 0 saturated heterocycles. The Labute approximate surface area is 138 Å². The summed E-state index contributed by atoms with van der Waals surface area (Å²) in [5, 5.41) is 12.3. The number of halogens is 3. The van der Waals surface area contributed by atoms with E-state index >= 15 is 0 Å². The van der Waals surface area contributed by atoms with E-state index in [0.29, 0.717) is 5.56 Å². The molecule has 2 unspecified atom stereocenters. The molecule has 0 aliphatic heterocycles. The third-order valence-corrected chi connectivity index (χ3v) is 3.73. The van der Waals surface area contributed by atoms with E-state index in [4.69, 9.17) is 0 Å². The van der Waals surface area contributed by atoms with Gasteiger partial charge in [-0.15, -0.1) is 0 Å². The molecule has 2 rings (SSSR count). The van der Waals surface area contributed by atoms with E-state index in [1.807, 2.05) is 0 Å². The summed E-state index contributed by atoms with van der Waals surface area (Å²) in [4.78, 5) is 12.0. The van der Waals surface area contributed by atoms with Gasteiger partial charge in [0.05, 0.1) is 5.56 Å². The van der Waals surface area contributed by atoms with Crippen LogP contribution in [0.25, 0.3) is 0 Å². The van der Waals surface area contributed by atoms with Crippen molar-refractivity contribution in [3.63, 3.8) is 0 Å². The molecule has 2 aromatic carbocycles. The molecule has 2 aromatic rings. The van der Waals surface area contributed by atoms with Crippen LogP contribution in [0.2, 0.25) is 0 Å². The lowest BCUT2D eigenvalue weighted by Gasteiger charge is -2.16. The summed E-state index contributed by atoms with van der Waals surface area (Å²) in [6, 6.07) is 9.38. The number of carbonyl (C=O) groups is 1. The van der Waals surface area contributed by atoms with Gasteiger partial charge in [-0.25, -0.2) is 13.2 Å². The normalized spacial score (nSPS) is 13.4. The van der Waals surface area contributed by atoms with Crippen LogP contribution in [0.1, 0.15) is 24.2 Å². The van der Waals surface area contributed by atoms with E-state index in [0.717, 1.165) is 12.1 Å². The lowest BCUT2D eigenvalue weighted by Crippen LogP contribution is -2.34. The summed E-state index contributed by atoms with van der Waals surface area (Å²) in [7, 11) is 0. The molecule has 0 spiro atoms. The number of rotatable bonds is 6. The number of aliphatic hydroxyl groups excluding tert-OH is 1. The van der Waals surface area contributed by atoms with Crippen LogP contribution >= 0.6 is 0 Å². The molecule has 0 aromatic heterocycles. The summed E-state index contributed by atoms with van der Waals surface area (Å²) >= 11 is 0. The fourth-order valence-electron chi connectivity index (χ4n) is 2.39. The maximum Gasteiger partial charge on any atom is 0.223 e. The molecule has 0 fully saturated rings. The van der Waals surface area contributed by atoms with Gasteiger partial charge in [-0.3, -0.25) is 4.79 Å². The van der Waals surface area contributed by atoms with Crippen LogP contribution in [0.3, 0.4) is 0 Å². The van der Waals surface area contributed by atoms with Crippen molar-refractivity contribution in [3.05, 3.63) is 71.0 Å². The first-order valence-electron chi connectivity index (χ1n) is 7.53. The number of hydrogen-bond donors (Lipinski definition) is 2. The van der Waals surface area contributed by atoms with Crippen molar-refractivity contribution in [1.29, 1.82) is 0 Å². The zero-order chi connectivity index (χ0) is 17.7. The van der Waals surface area contributed by atoms with Gasteiger partial charge in [-0.2, -0.15) is 0 Å². The van der Waals surface area contributed by atoms with Crippen molar-refractivity contribution in [1.82, 2.24) is 5.32 Å². The van der Waals surface area contributed by atoms with Crippen LogP contribution in [-0.2, 0) is 11.2 Å². The molecule has 0 bridgehead atoms. The first kappa shape index (κ1) is 18.0. The van der Waals surface area contributed by atoms with Gasteiger partial charge >= 0.3 is 0 Å². The minimum atomic E-state index is -1.50. The number of aliphatic hydroxyl groups is 1. The van der Waals surface area contributed by atoms with Crippen molar-refractivity contribution in [2.24, 2.45) is 5.92 Å². The Bertz CT molecular complexity index is 701. The second-order valence-corrected chi connectivity index (χ2v) is 5.59. The zero-order valence-electron chi connectivity index (χ0n) is 13.1. The monoisotopic (exact) mass is 337 g/mol. The molecule has 128 valence electrons. The van der Waals surface area contributed by atoms with Crippen molar-refractivity contribution >= 4 is 5.91 Å². The first-order valence-corrected chi connectivity index (χ1v) is 7.53. The number of benzene rings is 2. The molecule has 1 amide bonds. The fraction of sp³-hybridized carbons (Fsp3) is 0.278. The average molecular weight is 337 g/mol. The maximum absolute atomic E-state index is 13.6. The molecule has 0 radical (unpaired) electrons. The highest BCUT2D eigenvalue weighted by Crippen LogP contribution is 2.20. The van der Waals surface area contributed by atoms with E-state index < -0.39 is 40.9 Å². The predicted molar refractivity (Wildman–Crippen MR) is 83.6 cm³/mol. The van der Waals surface area contributed by atoms with Crippen LogP contribution in [-0.4, -0.2) is 17.6 Å². The van der Waals surface area contributed by atoms with Gasteiger partial charge in [0, 0.05) is 12.5 Å². The van der Waals surface area contributed by atoms with E-state index in [2.05, 4.69) is 5.32 Å². The van der Waals surface area contributed by atoms with Gasteiger partial charge in [0.25, 0.3) is 0 Å². The third-order valence-electron chi connectivity index (χ3n) is 3.73. The molecule has 0 heterocycles. The largest absolute Gasteiger partial charge is 0.386 e. The van der Waals surface area contributed by atoms with E-state index in [-0.39, 0.29) is 13.0 Å². The van der Waals surface area contributed by atoms with Crippen LogP contribution < -0.4 is 5.32 Å². The standard InChI is InChI=1S/C18H18F3NO2/c1-11(9-12-5-2-3-6-13(12)19)18(24)22-10-16(23)17-14(20)7-4-8-15(17)21/h2-8,11,16,23H,9-10H2,1H3,(H,22,24). The van der Waals surface area contributed by atoms with E-state index in [9.17, 15) is 23.1 Å². The van der Waals surface area contributed by atoms with Crippen LogP contribution in [0.15, 0.2) is 42.5 Å². The Morgan fingerprint density at radius 2 is 1.62 bits per heavy atom. The van der Waals surface area contributed by atoms with Crippen molar-refractivity contribution < 1.29 is 23.1 Å². The second kappa shape index (κ2) is 7.97. The number of nitrogens with one attached hydrogen (secondary N) is 1. The average Bonchev–Trinajstić information content (AvgIpc) is 2.54. The quantitative estimate of drug-likeness (QED) is 0.851. The maximum atomic E-state index is 13.6. The Morgan fingerprint density at radius 1 is 1.04 bits per heavy atom. The molecule has 3 nitrogen and oxygen atoms in total. The minimum absolute atomic E-state index is 0.183. The van der Waals surface area contributed by atoms with Gasteiger partial charge < -0.3 is 10.4 Å². The summed E-state index contributed by atoms with van der Waals surface area (Å²) < 4.78 is 40.7. The molecule has 0 aliphatic rings. The highest BCUT2D eigenvalue weighted by atomic mass is 19.1. The van der Waals surface area contributed by atoms with Crippen LogP contribution in [0, 0.1) is 23.4 Å². The van der Waals surface area contributed by atoms with Crippen molar-refractivity contribution in [3.8, 4) is 0 Å². The van der Waals surface area contributed by atoms with Gasteiger partial charge in [-0.1, -0.05) is 31.2 Å². The van der Waals surface area contributed by atoms with Crippen molar-refractivity contribution in [2.45, 2.75) is 19.4 Å². The fourth-order valence-corrected chi connectivity index (χ4v) is 2.39. The molecule has 6 heteroatoms. The Balaban J connectivity index is 1.94. The molecule has 2 atom stereocenters. The number of hydrogen-bond acceptors (Lipinski definition) is 2. The summed E-state index contributed by atoms with van der Waals surface area (Å²) in [5.41, 5.74) is -0.0830. The Hall–Kier alpha value is -2.34. The predicted octanol–water partition coefficient (Wildman–Crippen LogP) is 3.13. The molecular weight excluding hydrogens is 319 g/mol. The van der Waals surface area contributed by atoms with Gasteiger partial charge in [0.15, 0.2) is 0 Å². The SMILES string of the molecule is CC(Cc1ccccc1F)C(=O)NCC(O)c1c(F)cccc1F. The highest BCUT2D eigenvalue weighted by molar-refractivity contribution is 5.78. The molecule has 24 heavy (non-hydrogen) atoms. The van der Waals surface area contributed by atoms with Crippen molar-refractivity contribution in [2.75, 3.05) is 6.54 Å². The van der Waals surface area contributed by atoms with Gasteiger partial charge in [-0.05, 0) is 30.2 Å². The second-order valence-electron chi connectivity index (χ2n) is 5.59. The number of amides is 1. The molecule has 2 N–H and O–H groups in total. The van der Waals surface area contributed by atoms with E-state index in [1.54, 1.807) is 25.1 Å². The lowest BCUT2D eigenvalue weighted by atomic mass is 9.99. The lowest BCUT2D eigenvalue weighted by molar-refractivity contribution is -0.125. The third kappa shape index (κ3) is 4.35. The highest BCUT2D eigenvalue weighted by Gasteiger charge is 2.20. The summed E-state index contributed by atoms with van der Waals surface area (Å²) in [5.74, 6) is -3.15. The summed E-state index contributed by atoms with van der Waals surface area (Å²) in [6.07, 6.45) is -1.32. The van der Waals surface area contributed by atoms with Crippen LogP contribution in [0.4, 0.5) is 13.2 Å². The topological polar surface area (TPSA) is 49.3 Å². The zero-order valence-corrected chi connectivity index (χ0v) is 13.1. The van der Waals surface area contributed by atoms with Gasteiger partial charge in [0.1, 0.15) is 23.6 Å². The smallest absolute Gasteiger partial charge is 0.223 e. The Morgan fingerprint density at radius 3 is 2.25 bits per heavy atom. The molecular formula is C18H18F3NO2. The van der Waals surface area contributed by atoms with E-state index in [1.165, 1.54) is 12.1 Å². The molecule has 0 saturated carbocycles. The minimum Gasteiger partial charge on any atom is -0.386 e. The Kier molecular flexibility index (Phi) is 5.98. The first-order chi connectivity index (χ1) is 11.4. The molecule has 0 aliphatic carbocycles. The van der Waals surface area contributed by atoms with Crippen LogP contribution in [0.5, 0.6) is 0 Å².